The second-order valence-corrected chi connectivity index (χ2v) is 10.7. The van der Waals surface area contributed by atoms with Gasteiger partial charge in [0.1, 0.15) is 28.7 Å². The Balaban J connectivity index is 1.48. The molecule has 0 unspecified atom stereocenters. The second kappa shape index (κ2) is 9.70. The molecule has 7 rings (SSSR count). The lowest BCUT2D eigenvalue weighted by molar-refractivity contribution is -0.118. The van der Waals surface area contributed by atoms with E-state index in [4.69, 9.17) is 13.9 Å². The minimum absolute atomic E-state index is 0.117. The van der Waals surface area contributed by atoms with Crippen molar-refractivity contribution in [3.63, 3.8) is 0 Å². The Kier molecular flexibility index (Phi) is 6.28. The maximum atomic E-state index is 13.6. The summed E-state index contributed by atoms with van der Waals surface area (Å²) in [5, 5.41) is 6.52. The third kappa shape index (κ3) is 4.01. The first-order valence-corrected chi connectivity index (χ1v) is 13.5. The third-order valence-corrected chi connectivity index (χ3v) is 8.60. The largest absolute Gasteiger partial charge is 0.496 e. The van der Waals surface area contributed by atoms with Gasteiger partial charge in [-0.1, -0.05) is 13.0 Å². The second-order valence-electron chi connectivity index (χ2n) is 10.7. The maximum Gasteiger partial charge on any atom is 0.255 e. The van der Waals surface area contributed by atoms with E-state index < -0.39 is 0 Å². The van der Waals surface area contributed by atoms with E-state index in [-0.39, 0.29) is 23.2 Å². The Bertz CT molecular complexity index is 1640. The number of fused-ring (bicyclic) bond motifs is 1. The molecule has 3 aliphatic carbocycles. The Labute approximate surface area is 231 Å². The zero-order valence-corrected chi connectivity index (χ0v) is 22.9. The molecule has 40 heavy (non-hydrogen) atoms. The summed E-state index contributed by atoms with van der Waals surface area (Å²) < 4.78 is 31.3. The van der Waals surface area contributed by atoms with Crippen LogP contribution >= 0.6 is 0 Å². The maximum absolute atomic E-state index is 13.6. The van der Waals surface area contributed by atoms with Gasteiger partial charge in [0.2, 0.25) is 0 Å². The average molecular weight is 543 g/mol. The fraction of sp³-hybridized carbons (Fsp3) is 0.312. The van der Waals surface area contributed by atoms with Crippen molar-refractivity contribution in [3.8, 4) is 33.9 Å². The van der Waals surface area contributed by atoms with Crippen molar-refractivity contribution in [2.75, 3.05) is 20.8 Å². The monoisotopic (exact) mass is 542 g/mol. The molecule has 1 heterocycles. The SMILES string of the molecule is CCOc1cc2oc(-c3ccc(F)cc3)c(C(=O)NC)c2cc1-c1ccc(OC)c(C(=O)NC23CC(C2)[C@@H]3C)c1. The van der Waals surface area contributed by atoms with E-state index in [0.717, 1.165) is 18.4 Å². The molecule has 0 aliphatic heterocycles. The summed E-state index contributed by atoms with van der Waals surface area (Å²) in [5.41, 5.74) is 3.10. The van der Waals surface area contributed by atoms with E-state index in [2.05, 4.69) is 17.6 Å². The molecule has 7 nitrogen and oxygen atoms in total. The fourth-order valence-electron chi connectivity index (χ4n) is 6.07. The van der Waals surface area contributed by atoms with Crippen LogP contribution < -0.4 is 20.1 Å². The Morgan fingerprint density at radius 1 is 1.02 bits per heavy atom. The Hall–Kier alpha value is -4.33. The summed E-state index contributed by atoms with van der Waals surface area (Å²) in [6.45, 7) is 4.47. The minimum Gasteiger partial charge on any atom is -0.496 e. The van der Waals surface area contributed by atoms with Gasteiger partial charge in [0, 0.05) is 35.2 Å². The first-order valence-electron chi connectivity index (χ1n) is 13.5. The molecule has 4 aromatic rings. The molecular weight excluding hydrogens is 511 g/mol. The van der Waals surface area contributed by atoms with Crippen molar-refractivity contribution in [2.45, 2.75) is 32.2 Å². The van der Waals surface area contributed by atoms with Crippen molar-refractivity contribution < 1.29 is 27.9 Å². The van der Waals surface area contributed by atoms with Crippen molar-refractivity contribution >= 4 is 22.8 Å². The molecule has 3 aromatic carbocycles. The standard InChI is InChI=1S/C32H31FN2O5/c1-5-39-26-14-27-23(28(31(37)34-3)29(40-27)18-6-9-21(33)10-7-18)13-22(26)19-8-11-25(38-4)24(12-19)30(36)35-32-15-20(16-32)17(32)2/h6-14,17,20H,5,15-16H2,1-4H3,(H,34,37)(H,35,36)/t17-,20?,32?/m0/s1. The molecule has 2 N–H and O–H groups in total. The molecule has 8 heteroatoms. The molecule has 2 bridgehead atoms. The minimum atomic E-state index is -0.384. The molecule has 1 aromatic heterocycles. The highest BCUT2D eigenvalue weighted by Crippen LogP contribution is 2.61. The van der Waals surface area contributed by atoms with Crippen LogP contribution in [0.1, 0.15) is 47.4 Å². The van der Waals surface area contributed by atoms with Gasteiger partial charge in [0.05, 0.1) is 24.8 Å². The molecule has 206 valence electrons. The van der Waals surface area contributed by atoms with Crippen LogP contribution in [0.3, 0.4) is 0 Å². The molecule has 0 radical (unpaired) electrons. The van der Waals surface area contributed by atoms with Crippen molar-refractivity contribution in [1.82, 2.24) is 10.6 Å². The van der Waals surface area contributed by atoms with E-state index in [1.165, 1.54) is 12.1 Å². The summed E-state index contributed by atoms with van der Waals surface area (Å²) in [4.78, 5) is 26.5. The third-order valence-electron chi connectivity index (χ3n) is 8.60. The molecule has 2 amide bonds. The van der Waals surface area contributed by atoms with Crippen molar-refractivity contribution in [3.05, 3.63) is 71.5 Å². The van der Waals surface area contributed by atoms with E-state index in [0.29, 0.717) is 68.9 Å². The van der Waals surface area contributed by atoms with Gasteiger partial charge in [-0.05, 0) is 79.6 Å². The summed E-state index contributed by atoms with van der Waals surface area (Å²) in [7, 11) is 3.09. The van der Waals surface area contributed by atoms with Crippen LogP contribution in [0.15, 0.2) is 59.0 Å². The van der Waals surface area contributed by atoms with E-state index in [9.17, 15) is 14.0 Å². The number of methoxy groups -OCH3 is 1. The number of benzene rings is 3. The van der Waals surface area contributed by atoms with E-state index in [1.807, 2.05) is 19.1 Å². The normalized spacial score (nSPS) is 20.8. The number of carbonyl (C=O) groups is 2. The summed E-state index contributed by atoms with van der Waals surface area (Å²) >= 11 is 0. The Morgan fingerprint density at radius 2 is 1.75 bits per heavy atom. The highest BCUT2D eigenvalue weighted by Gasteiger charge is 2.63. The van der Waals surface area contributed by atoms with Gasteiger partial charge in [0.15, 0.2) is 0 Å². The molecular formula is C32H31FN2O5. The van der Waals surface area contributed by atoms with Crippen LogP contribution in [-0.2, 0) is 0 Å². The smallest absolute Gasteiger partial charge is 0.255 e. The first-order chi connectivity index (χ1) is 19.3. The number of nitrogens with one attached hydrogen (secondary N) is 2. The topological polar surface area (TPSA) is 89.8 Å². The zero-order valence-electron chi connectivity index (χ0n) is 22.9. The highest BCUT2D eigenvalue weighted by molar-refractivity contribution is 6.12. The molecule has 3 fully saturated rings. The van der Waals surface area contributed by atoms with Gasteiger partial charge >= 0.3 is 0 Å². The van der Waals surface area contributed by atoms with Crippen LogP contribution in [0.4, 0.5) is 4.39 Å². The molecule has 3 aliphatic rings. The number of ether oxygens (including phenoxy) is 2. The number of hydrogen-bond acceptors (Lipinski definition) is 5. The number of furan rings is 1. The lowest BCUT2D eigenvalue weighted by Gasteiger charge is -2.67. The quantitative estimate of drug-likeness (QED) is 0.277. The molecule has 0 saturated heterocycles. The molecule has 3 saturated carbocycles. The van der Waals surface area contributed by atoms with Crippen LogP contribution in [0, 0.1) is 17.7 Å². The van der Waals surface area contributed by atoms with Gasteiger partial charge in [-0.15, -0.1) is 0 Å². The van der Waals surface area contributed by atoms with E-state index >= 15 is 0 Å². The molecule has 1 atom stereocenters. The van der Waals surface area contributed by atoms with Crippen LogP contribution in [0.25, 0.3) is 33.4 Å². The van der Waals surface area contributed by atoms with Gasteiger partial charge in [-0.2, -0.15) is 0 Å². The average Bonchev–Trinajstić information content (AvgIpc) is 3.32. The van der Waals surface area contributed by atoms with Gasteiger partial charge in [-0.25, -0.2) is 4.39 Å². The summed E-state index contributed by atoms with van der Waals surface area (Å²) in [5.74, 6) is 1.65. The number of rotatable bonds is 8. The van der Waals surface area contributed by atoms with Gasteiger partial charge in [0.25, 0.3) is 11.8 Å². The van der Waals surface area contributed by atoms with Crippen molar-refractivity contribution in [2.24, 2.45) is 11.8 Å². The van der Waals surface area contributed by atoms with Crippen LogP contribution in [0.2, 0.25) is 0 Å². The van der Waals surface area contributed by atoms with Crippen molar-refractivity contribution in [1.29, 1.82) is 0 Å². The molecule has 0 spiro atoms. The summed E-state index contributed by atoms with van der Waals surface area (Å²) in [6, 6.07) is 14.8. The number of carbonyl (C=O) groups excluding carboxylic acids is 2. The Morgan fingerprint density at radius 3 is 2.35 bits per heavy atom. The van der Waals surface area contributed by atoms with Crippen LogP contribution in [-0.4, -0.2) is 38.1 Å². The zero-order chi connectivity index (χ0) is 28.2. The number of amides is 2. The lowest BCUT2D eigenvalue weighted by atomic mass is 9.43. The fourth-order valence-corrected chi connectivity index (χ4v) is 6.07. The van der Waals surface area contributed by atoms with Gasteiger partial charge < -0.3 is 24.5 Å². The predicted molar refractivity (Wildman–Crippen MR) is 150 cm³/mol. The lowest BCUT2D eigenvalue weighted by Crippen LogP contribution is -2.74. The van der Waals surface area contributed by atoms with E-state index in [1.54, 1.807) is 44.5 Å². The number of hydrogen-bond donors (Lipinski definition) is 2. The predicted octanol–water partition coefficient (Wildman–Crippen LogP) is 6.20. The van der Waals surface area contributed by atoms with Gasteiger partial charge in [-0.3, -0.25) is 9.59 Å². The summed E-state index contributed by atoms with van der Waals surface area (Å²) in [6.07, 6.45) is 2.04. The number of halogens is 1. The first kappa shape index (κ1) is 25.9. The highest BCUT2D eigenvalue weighted by atomic mass is 19.1. The van der Waals surface area contributed by atoms with Crippen LogP contribution in [0.5, 0.6) is 11.5 Å².